The Balaban J connectivity index is 3.83. The van der Waals surface area contributed by atoms with Gasteiger partial charge in [0, 0.05) is 11.4 Å². The lowest BCUT2D eigenvalue weighted by atomic mass is 10.4. The molecule has 0 aliphatic rings. The van der Waals surface area contributed by atoms with Gasteiger partial charge >= 0.3 is 0 Å². The van der Waals surface area contributed by atoms with Gasteiger partial charge in [-0.2, -0.15) is 0 Å². The summed E-state index contributed by atoms with van der Waals surface area (Å²) in [6, 6.07) is 0. The molecule has 0 aromatic carbocycles. The third-order valence-electron chi connectivity index (χ3n) is 0.676. The number of hydrogen-bond donors (Lipinski definition) is 0. The van der Waals surface area contributed by atoms with Gasteiger partial charge in [0.25, 0.3) is 0 Å². The molecule has 0 aromatic heterocycles. The second-order valence-corrected chi connectivity index (χ2v) is 1.88. The zero-order chi connectivity index (χ0) is 8.15. The van der Waals surface area contributed by atoms with Gasteiger partial charge in [-0.3, -0.25) is 4.79 Å². The number of rotatable bonds is 3. The van der Waals surface area contributed by atoms with Gasteiger partial charge in [-0.05, 0) is 13.8 Å². The van der Waals surface area contributed by atoms with Crippen LogP contribution >= 0.6 is 0 Å². The van der Waals surface area contributed by atoms with Crippen LogP contribution in [0.1, 0.15) is 13.8 Å². The molecule has 4 heteroatoms. The largest absolute Gasteiger partial charge is 0.381 e. The minimum atomic E-state index is -0.167. The first-order valence-electron chi connectivity index (χ1n) is 2.78. The minimum Gasteiger partial charge on any atom is -0.381 e. The van der Waals surface area contributed by atoms with Crippen molar-refractivity contribution in [1.29, 1.82) is 0 Å². The van der Waals surface area contributed by atoms with Gasteiger partial charge in [0.15, 0.2) is 5.78 Å². The number of carbonyl (C=O) groups is 1. The molecule has 0 spiro atoms. The fraction of sp³-hybridized carbons (Fsp3) is 0.500. The smallest absolute Gasteiger partial charge is 0.156 e. The van der Waals surface area contributed by atoms with E-state index in [4.69, 9.17) is 0 Å². The van der Waals surface area contributed by atoms with Crippen LogP contribution in [0.15, 0.2) is 11.8 Å². The standard InChI is InChI=1S/C6H10FNO2/c1-5(9)4-6(2)10-8(3)7/h4H,1-3H3/b6-4-. The van der Waals surface area contributed by atoms with Gasteiger partial charge in [-0.25, -0.2) is 0 Å². The monoisotopic (exact) mass is 147 g/mol. The number of carbonyl (C=O) groups excluding carboxylic acids is 1. The van der Waals surface area contributed by atoms with Crippen molar-refractivity contribution in [3.63, 3.8) is 0 Å². The predicted octanol–water partition coefficient (Wildman–Crippen LogP) is 1.23. The molecule has 0 aliphatic carbocycles. The molecule has 10 heavy (non-hydrogen) atoms. The highest BCUT2D eigenvalue weighted by Crippen LogP contribution is 1.98. The maximum atomic E-state index is 11.9. The number of hydroxylamine groups is 1. The number of ketones is 1. The van der Waals surface area contributed by atoms with Crippen LogP contribution in [0, 0.1) is 0 Å². The normalized spacial score (nSPS) is 11.9. The maximum absolute atomic E-state index is 11.9. The summed E-state index contributed by atoms with van der Waals surface area (Å²) in [6.45, 7) is 2.86. The lowest BCUT2D eigenvalue weighted by molar-refractivity contribution is -0.232. The Labute approximate surface area is 59.0 Å². The van der Waals surface area contributed by atoms with Crippen molar-refractivity contribution in [2.45, 2.75) is 13.8 Å². The zero-order valence-corrected chi connectivity index (χ0v) is 6.22. The van der Waals surface area contributed by atoms with Gasteiger partial charge in [0.2, 0.25) is 0 Å². The number of nitrogens with zero attached hydrogens (tertiary/aromatic N) is 1. The Morgan fingerprint density at radius 3 is 2.40 bits per heavy atom. The Kier molecular flexibility index (Phi) is 3.64. The second kappa shape index (κ2) is 4.00. The van der Waals surface area contributed by atoms with Crippen LogP contribution < -0.4 is 0 Å². The van der Waals surface area contributed by atoms with Gasteiger partial charge < -0.3 is 4.84 Å². The summed E-state index contributed by atoms with van der Waals surface area (Å²) in [5.41, 5.74) is 0. The van der Waals surface area contributed by atoms with Gasteiger partial charge in [0.1, 0.15) is 5.76 Å². The third-order valence-corrected chi connectivity index (χ3v) is 0.676. The molecular formula is C6H10FNO2. The van der Waals surface area contributed by atoms with Crippen molar-refractivity contribution >= 4 is 5.78 Å². The number of halogens is 1. The van der Waals surface area contributed by atoms with E-state index in [2.05, 4.69) is 4.84 Å². The molecule has 0 atom stereocenters. The fourth-order valence-electron chi connectivity index (χ4n) is 0.511. The van der Waals surface area contributed by atoms with Crippen molar-refractivity contribution in [2.24, 2.45) is 0 Å². The molecule has 0 aromatic rings. The Bertz CT molecular complexity index is 154. The molecule has 0 heterocycles. The topological polar surface area (TPSA) is 29.5 Å². The van der Waals surface area contributed by atoms with E-state index in [-0.39, 0.29) is 16.8 Å². The maximum Gasteiger partial charge on any atom is 0.156 e. The molecule has 0 saturated carbocycles. The van der Waals surface area contributed by atoms with Gasteiger partial charge in [0.05, 0.1) is 7.05 Å². The molecule has 0 aliphatic heterocycles. The van der Waals surface area contributed by atoms with Crippen LogP contribution in [0.2, 0.25) is 0 Å². The number of allylic oxidation sites excluding steroid dienone is 2. The molecule has 0 saturated heterocycles. The molecule has 0 N–H and O–H groups in total. The first-order chi connectivity index (χ1) is 4.52. The summed E-state index contributed by atoms with van der Waals surface area (Å²) in [5.74, 6) is 0.0665. The van der Waals surface area contributed by atoms with Crippen molar-refractivity contribution in [3.8, 4) is 0 Å². The van der Waals surface area contributed by atoms with E-state index >= 15 is 0 Å². The molecule has 0 fully saturated rings. The summed E-state index contributed by atoms with van der Waals surface area (Å²) < 4.78 is 11.9. The third kappa shape index (κ3) is 5.24. The highest BCUT2D eigenvalue weighted by atomic mass is 19.2. The summed E-state index contributed by atoms with van der Waals surface area (Å²) in [5, 5.41) is 0.0365. The van der Waals surface area contributed by atoms with E-state index in [1.165, 1.54) is 19.9 Å². The van der Waals surface area contributed by atoms with E-state index in [1.807, 2.05) is 0 Å². The summed E-state index contributed by atoms with van der Waals surface area (Å²) >= 11 is 0. The molecule has 0 rings (SSSR count). The van der Waals surface area contributed by atoms with Crippen LogP contribution in [-0.2, 0) is 9.63 Å². The Hall–Kier alpha value is -0.900. The molecule has 0 unspecified atom stereocenters. The summed E-state index contributed by atoms with van der Waals surface area (Å²) in [7, 11) is 1.09. The van der Waals surface area contributed by atoms with Crippen LogP contribution in [0.3, 0.4) is 0 Å². The van der Waals surface area contributed by atoms with Crippen LogP contribution in [0.4, 0.5) is 4.48 Å². The first-order valence-corrected chi connectivity index (χ1v) is 2.78. The highest BCUT2D eigenvalue weighted by molar-refractivity contribution is 5.87. The quantitative estimate of drug-likeness (QED) is 0.260. The predicted molar refractivity (Wildman–Crippen MR) is 34.4 cm³/mol. The highest BCUT2D eigenvalue weighted by Gasteiger charge is 1.96. The van der Waals surface area contributed by atoms with E-state index < -0.39 is 0 Å². The number of hydrogen-bond acceptors (Lipinski definition) is 3. The Morgan fingerprint density at radius 1 is 1.60 bits per heavy atom. The van der Waals surface area contributed by atoms with Crippen molar-refractivity contribution in [2.75, 3.05) is 7.05 Å². The van der Waals surface area contributed by atoms with Gasteiger partial charge in [-0.1, -0.05) is 4.48 Å². The lowest BCUT2D eigenvalue weighted by Gasteiger charge is -2.05. The molecule has 58 valence electrons. The van der Waals surface area contributed by atoms with Crippen LogP contribution in [-0.4, -0.2) is 18.1 Å². The average Bonchev–Trinajstić information content (AvgIpc) is 1.58. The lowest BCUT2D eigenvalue weighted by Crippen LogP contribution is -2.06. The van der Waals surface area contributed by atoms with Crippen LogP contribution in [0.5, 0.6) is 0 Å². The molecule has 3 nitrogen and oxygen atoms in total. The van der Waals surface area contributed by atoms with E-state index in [1.54, 1.807) is 0 Å². The van der Waals surface area contributed by atoms with E-state index in [0.717, 1.165) is 7.05 Å². The first kappa shape index (κ1) is 9.10. The summed E-state index contributed by atoms with van der Waals surface area (Å²) in [4.78, 5) is 14.7. The van der Waals surface area contributed by atoms with Crippen molar-refractivity contribution in [1.82, 2.24) is 5.29 Å². The van der Waals surface area contributed by atoms with Crippen molar-refractivity contribution < 1.29 is 14.1 Å². The molecule has 0 radical (unpaired) electrons. The van der Waals surface area contributed by atoms with Crippen molar-refractivity contribution in [3.05, 3.63) is 11.8 Å². The molecular weight excluding hydrogens is 137 g/mol. The second-order valence-electron chi connectivity index (χ2n) is 1.88. The minimum absolute atomic E-state index is 0.0365. The molecule has 0 amide bonds. The SMILES string of the molecule is CC(=O)/C=C(/C)ON(C)F. The average molecular weight is 147 g/mol. The van der Waals surface area contributed by atoms with E-state index in [0.29, 0.717) is 0 Å². The fourth-order valence-corrected chi connectivity index (χ4v) is 0.511. The van der Waals surface area contributed by atoms with Crippen LogP contribution in [0.25, 0.3) is 0 Å². The Morgan fingerprint density at radius 2 is 2.10 bits per heavy atom. The van der Waals surface area contributed by atoms with Gasteiger partial charge in [-0.15, -0.1) is 0 Å². The summed E-state index contributed by atoms with van der Waals surface area (Å²) in [6.07, 6.45) is 1.20. The zero-order valence-electron chi connectivity index (χ0n) is 6.22. The molecule has 0 bridgehead atoms. The van der Waals surface area contributed by atoms with E-state index in [9.17, 15) is 9.28 Å².